The van der Waals surface area contributed by atoms with Crippen LogP contribution in [-0.4, -0.2) is 25.0 Å². The summed E-state index contributed by atoms with van der Waals surface area (Å²) in [6.07, 6.45) is 7.80. The molecule has 22 heavy (non-hydrogen) atoms. The fraction of sp³-hybridized carbons (Fsp3) is 0.444. The smallest absolute Gasteiger partial charge is 0.337 e. The molecule has 0 atom stereocenters. The molecule has 0 radical (unpaired) electrons. The minimum Gasteiger partial charge on any atom is -0.465 e. The van der Waals surface area contributed by atoms with Crippen molar-refractivity contribution in [2.75, 3.05) is 7.11 Å². The number of amides is 1. The van der Waals surface area contributed by atoms with Gasteiger partial charge < -0.3 is 10.1 Å². The predicted molar refractivity (Wildman–Crippen MR) is 86.4 cm³/mol. The normalized spacial score (nSPS) is 21.5. The molecule has 1 aliphatic rings. The molecular formula is C18H23NO3. The molecular weight excluding hydrogens is 278 g/mol. The third kappa shape index (κ3) is 4.72. The van der Waals surface area contributed by atoms with Gasteiger partial charge in [-0.3, -0.25) is 4.79 Å². The molecule has 0 spiro atoms. The van der Waals surface area contributed by atoms with Gasteiger partial charge in [0.15, 0.2) is 0 Å². The number of hydrogen-bond donors (Lipinski definition) is 1. The summed E-state index contributed by atoms with van der Waals surface area (Å²) < 4.78 is 4.65. The molecule has 1 N–H and O–H groups in total. The van der Waals surface area contributed by atoms with Crippen LogP contribution in [-0.2, 0) is 9.53 Å². The molecule has 0 heterocycles. The van der Waals surface area contributed by atoms with Crippen LogP contribution in [0.2, 0.25) is 0 Å². The number of rotatable bonds is 4. The van der Waals surface area contributed by atoms with Crippen LogP contribution in [0.1, 0.15) is 48.5 Å². The van der Waals surface area contributed by atoms with E-state index in [1.807, 2.05) is 0 Å². The highest BCUT2D eigenvalue weighted by atomic mass is 16.5. The Morgan fingerprint density at radius 3 is 2.36 bits per heavy atom. The van der Waals surface area contributed by atoms with Crippen LogP contribution in [0.3, 0.4) is 0 Å². The summed E-state index contributed by atoms with van der Waals surface area (Å²) in [5.41, 5.74) is 1.38. The molecule has 0 aromatic heterocycles. The number of esters is 1. The van der Waals surface area contributed by atoms with Crippen molar-refractivity contribution in [2.24, 2.45) is 5.92 Å². The van der Waals surface area contributed by atoms with Gasteiger partial charge in [-0.25, -0.2) is 4.79 Å². The van der Waals surface area contributed by atoms with Crippen molar-refractivity contribution in [2.45, 2.75) is 38.6 Å². The van der Waals surface area contributed by atoms with E-state index in [1.54, 1.807) is 36.4 Å². The highest BCUT2D eigenvalue weighted by Crippen LogP contribution is 2.23. The second-order valence-corrected chi connectivity index (χ2v) is 5.91. The van der Waals surface area contributed by atoms with E-state index in [0.717, 1.165) is 24.3 Å². The van der Waals surface area contributed by atoms with Gasteiger partial charge in [0, 0.05) is 12.1 Å². The Kier molecular flexibility index (Phi) is 5.75. The zero-order chi connectivity index (χ0) is 15.9. The van der Waals surface area contributed by atoms with E-state index in [0.29, 0.717) is 11.6 Å². The molecule has 1 aromatic carbocycles. The van der Waals surface area contributed by atoms with E-state index in [4.69, 9.17) is 0 Å². The highest BCUT2D eigenvalue weighted by molar-refractivity contribution is 5.92. The fourth-order valence-electron chi connectivity index (χ4n) is 2.67. The van der Waals surface area contributed by atoms with Crippen LogP contribution in [0.5, 0.6) is 0 Å². The second-order valence-electron chi connectivity index (χ2n) is 5.91. The predicted octanol–water partition coefficient (Wildman–Crippen LogP) is 3.18. The molecule has 1 amide bonds. The SMILES string of the molecule is COC(=O)c1ccc(/C=C/C(=O)NC2CCC(C)CC2)cc1. The maximum absolute atomic E-state index is 11.9. The zero-order valence-corrected chi connectivity index (χ0v) is 13.2. The van der Waals surface area contributed by atoms with Crippen LogP contribution in [0, 0.1) is 5.92 Å². The van der Waals surface area contributed by atoms with Crippen molar-refractivity contribution in [1.82, 2.24) is 5.32 Å². The lowest BCUT2D eigenvalue weighted by Crippen LogP contribution is -2.36. The van der Waals surface area contributed by atoms with Gasteiger partial charge in [-0.05, 0) is 55.4 Å². The van der Waals surface area contributed by atoms with Gasteiger partial charge in [0.2, 0.25) is 5.91 Å². The lowest BCUT2D eigenvalue weighted by Gasteiger charge is -2.26. The third-order valence-electron chi connectivity index (χ3n) is 4.12. The maximum Gasteiger partial charge on any atom is 0.337 e. The summed E-state index contributed by atoms with van der Waals surface area (Å²) in [5.74, 6) is 0.355. The average Bonchev–Trinajstić information content (AvgIpc) is 2.55. The molecule has 0 aliphatic heterocycles. The minimum atomic E-state index is -0.361. The number of nitrogens with one attached hydrogen (secondary N) is 1. The first-order valence-corrected chi connectivity index (χ1v) is 7.75. The zero-order valence-electron chi connectivity index (χ0n) is 13.2. The maximum atomic E-state index is 11.9. The first-order valence-electron chi connectivity index (χ1n) is 7.75. The first kappa shape index (κ1) is 16.3. The third-order valence-corrected chi connectivity index (χ3v) is 4.12. The van der Waals surface area contributed by atoms with Crippen molar-refractivity contribution in [3.8, 4) is 0 Å². The van der Waals surface area contributed by atoms with Crippen molar-refractivity contribution >= 4 is 18.0 Å². The number of benzene rings is 1. The van der Waals surface area contributed by atoms with Crippen LogP contribution in [0.15, 0.2) is 30.3 Å². The average molecular weight is 301 g/mol. The minimum absolute atomic E-state index is 0.0587. The summed E-state index contributed by atoms with van der Waals surface area (Å²) in [6.45, 7) is 2.26. The number of carbonyl (C=O) groups excluding carboxylic acids is 2. The summed E-state index contributed by atoms with van der Waals surface area (Å²) in [4.78, 5) is 23.2. The summed E-state index contributed by atoms with van der Waals surface area (Å²) in [7, 11) is 1.35. The van der Waals surface area contributed by atoms with Crippen LogP contribution in [0.25, 0.3) is 6.08 Å². The van der Waals surface area contributed by atoms with Crippen molar-refractivity contribution in [3.05, 3.63) is 41.5 Å². The molecule has 1 saturated carbocycles. The Balaban J connectivity index is 1.85. The lowest BCUT2D eigenvalue weighted by molar-refractivity contribution is -0.117. The van der Waals surface area contributed by atoms with Crippen molar-refractivity contribution < 1.29 is 14.3 Å². The number of carbonyl (C=O) groups is 2. The molecule has 4 nitrogen and oxygen atoms in total. The van der Waals surface area contributed by atoms with E-state index in [1.165, 1.54) is 20.0 Å². The fourth-order valence-corrected chi connectivity index (χ4v) is 2.67. The second kappa shape index (κ2) is 7.78. The number of ether oxygens (including phenoxy) is 1. The van der Waals surface area contributed by atoms with Crippen molar-refractivity contribution in [3.63, 3.8) is 0 Å². The van der Waals surface area contributed by atoms with E-state index >= 15 is 0 Å². The Morgan fingerprint density at radius 1 is 1.14 bits per heavy atom. The van der Waals surface area contributed by atoms with Gasteiger partial charge in [-0.15, -0.1) is 0 Å². The van der Waals surface area contributed by atoms with Gasteiger partial charge >= 0.3 is 5.97 Å². The molecule has 4 heteroatoms. The summed E-state index contributed by atoms with van der Waals surface area (Å²) >= 11 is 0. The Morgan fingerprint density at radius 2 is 1.77 bits per heavy atom. The monoisotopic (exact) mass is 301 g/mol. The molecule has 0 saturated heterocycles. The highest BCUT2D eigenvalue weighted by Gasteiger charge is 2.18. The topological polar surface area (TPSA) is 55.4 Å². The summed E-state index contributed by atoms with van der Waals surface area (Å²) in [6, 6.07) is 7.25. The van der Waals surface area contributed by atoms with E-state index in [9.17, 15) is 9.59 Å². The van der Waals surface area contributed by atoms with Gasteiger partial charge in [0.25, 0.3) is 0 Å². The molecule has 0 unspecified atom stereocenters. The van der Waals surface area contributed by atoms with Gasteiger partial charge in [-0.2, -0.15) is 0 Å². The quantitative estimate of drug-likeness (QED) is 0.686. The van der Waals surface area contributed by atoms with E-state index < -0.39 is 0 Å². The lowest BCUT2D eigenvalue weighted by atomic mass is 9.87. The van der Waals surface area contributed by atoms with Crippen LogP contribution in [0.4, 0.5) is 0 Å². The Bertz CT molecular complexity index is 540. The van der Waals surface area contributed by atoms with Gasteiger partial charge in [0.1, 0.15) is 0 Å². The van der Waals surface area contributed by atoms with E-state index in [2.05, 4.69) is 17.0 Å². The largest absolute Gasteiger partial charge is 0.465 e. The Hall–Kier alpha value is -2.10. The first-order chi connectivity index (χ1) is 10.6. The van der Waals surface area contributed by atoms with Gasteiger partial charge in [0.05, 0.1) is 12.7 Å². The van der Waals surface area contributed by atoms with Gasteiger partial charge in [-0.1, -0.05) is 19.1 Å². The molecule has 1 aromatic rings. The van der Waals surface area contributed by atoms with Crippen molar-refractivity contribution in [1.29, 1.82) is 0 Å². The molecule has 118 valence electrons. The number of methoxy groups -OCH3 is 1. The summed E-state index contributed by atoms with van der Waals surface area (Å²) in [5, 5.41) is 3.05. The standard InChI is InChI=1S/C18H23NO3/c1-13-3-10-16(11-4-13)19-17(20)12-7-14-5-8-15(9-6-14)18(21)22-2/h5-9,12-13,16H,3-4,10-11H2,1-2H3,(H,19,20)/b12-7+. The Labute approximate surface area is 131 Å². The molecule has 2 rings (SSSR count). The molecule has 1 fully saturated rings. The van der Waals surface area contributed by atoms with Crippen LogP contribution >= 0.6 is 0 Å². The number of hydrogen-bond acceptors (Lipinski definition) is 3. The molecule has 1 aliphatic carbocycles. The molecule has 0 bridgehead atoms. The van der Waals surface area contributed by atoms with Crippen LogP contribution < -0.4 is 5.32 Å². The van der Waals surface area contributed by atoms with E-state index in [-0.39, 0.29) is 11.9 Å².